The third-order valence-electron chi connectivity index (χ3n) is 5.00. The Morgan fingerprint density at radius 2 is 1.82 bits per heavy atom. The summed E-state index contributed by atoms with van der Waals surface area (Å²) in [7, 11) is 0. The molecular weight excluding hydrogens is 290 g/mol. The molecule has 3 fully saturated rings. The van der Waals surface area contributed by atoms with Gasteiger partial charge in [0.15, 0.2) is 5.60 Å². The molecule has 3 aliphatic rings. The standard InChI is InChI=1S/C16H18F2N2O2/c17-11-7-10(8-12(18)9-11)13-1-2-14-20(13)15(21)16(22-14)3-5-19-6-4-16/h7-9,13-14,19H,1-6H2. The molecule has 1 aromatic rings. The third-order valence-corrected chi connectivity index (χ3v) is 5.00. The van der Waals surface area contributed by atoms with Gasteiger partial charge in [-0.1, -0.05) is 0 Å². The fraction of sp³-hybridized carbons (Fsp3) is 0.562. The number of hydrogen-bond acceptors (Lipinski definition) is 3. The van der Waals surface area contributed by atoms with Gasteiger partial charge in [0, 0.05) is 6.07 Å². The van der Waals surface area contributed by atoms with E-state index in [0.29, 0.717) is 31.2 Å². The van der Waals surface area contributed by atoms with Crippen LogP contribution < -0.4 is 5.32 Å². The van der Waals surface area contributed by atoms with Gasteiger partial charge >= 0.3 is 0 Å². The van der Waals surface area contributed by atoms with E-state index in [1.54, 1.807) is 4.90 Å². The molecule has 118 valence electrons. The molecule has 3 heterocycles. The molecule has 3 aliphatic heterocycles. The maximum atomic E-state index is 13.5. The molecule has 4 rings (SSSR count). The maximum Gasteiger partial charge on any atom is 0.257 e. The van der Waals surface area contributed by atoms with Gasteiger partial charge in [0.25, 0.3) is 5.91 Å². The Bertz CT molecular complexity index is 596. The van der Waals surface area contributed by atoms with Crippen LogP contribution in [-0.2, 0) is 9.53 Å². The zero-order chi connectivity index (χ0) is 15.3. The molecule has 1 spiro atoms. The number of amides is 1. The average Bonchev–Trinajstić information content (AvgIpc) is 2.99. The molecule has 3 saturated heterocycles. The monoisotopic (exact) mass is 308 g/mol. The highest BCUT2D eigenvalue weighted by Gasteiger charge is 2.57. The molecule has 6 heteroatoms. The van der Waals surface area contributed by atoms with Crippen LogP contribution in [0.1, 0.15) is 37.3 Å². The first-order valence-electron chi connectivity index (χ1n) is 7.76. The van der Waals surface area contributed by atoms with Gasteiger partial charge in [-0.25, -0.2) is 8.78 Å². The number of halogens is 2. The van der Waals surface area contributed by atoms with Crippen molar-refractivity contribution in [1.29, 1.82) is 0 Å². The first kappa shape index (κ1) is 14.1. The summed E-state index contributed by atoms with van der Waals surface area (Å²) >= 11 is 0. The van der Waals surface area contributed by atoms with Gasteiger partial charge in [0.1, 0.15) is 17.9 Å². The van der Waals surface area contributed by atoms with Crippen LogP contribution >= 0.6 is 0 Å². The van der Waals surface area contributed by atoms with E-state index in [0.717, 1.165) is 19.2 Å². The van der Waals surface area contributed by atoms with Crippen LogP contribution in [0.25, 0.3) is 0 Å². The lowest BCUT2D eigenvalue weighted by Crippen LogP contribution is -2.49. The number of piperidine rings is 1. The average molecular weight is 308 g/mol. The quantitative estimate of drug-likeness (QED) is 0.864. The number of ether oxygens (including phenoxy) is 1. The smallest absolute Gasteiger partial charge is 0.257 e. The van der Waals surface area contributed by atoms with Crippen LogP contribution in [0.5, 0.6) is 0 Å². The second-order valence-electron chi connectivity index (χ2n) is 6.33. The van der Waals surface area contributed by atoms with Crippen molar-refractivity contribution in [3.63, 3.8) is 0 Å². The lowest BCUT2D eigenvalue weighted by Gasteiger charge is -2.32. The highest BCUT2D eigenvalue weighted by Crippen LogP contribution is 2.47. The zero-order valence-corrected chi connectivity index (χ0v) is 12.1. The van der Waals surface area contributed by atoms with Crippen molar-refractivity contribution in [2.24, 2.45) is 0 Å². The van der Waals surface area contributed by atoms with Crippen molar-refractivity contribution >= 4 is 5.91 Å². The minimum absolute atomic E-state index is 0.0221. The highest BCUT2D eigenvalue weighted by atomic mass is 19.1. The van der Waals surface area contributed by atoms with Crippen molar-refractivity contribution in [3.05, 3.63) is 35.4 Å². The van der Waals surface area contributed by atoms with Crippen LogP contribution in [0.4, 0.5) is 8.78 Å². The molecule has 0 radical (unpaired) electrons. The largest absolute Gasteiger partial charge is 0.342 e. The summed E-state index contributed by atoms with van der Waals surface area (Å²) in [5.74, 6) is -1.24. The van der Waals surface area contributed by atoms with Crippen LogP contribution in [0.15, 0.2) is 18.2 Å². The molecule has 2 unspecified atom stereocenters. The summed E-state index contributed by atoms with van der Waals surface area (Å²) in [6.45, 7) is 1.51. The van der Waals surface area contributed by atoms with Gasteiger partial charge in [-0.2, -0.15) is 0 Å². The molecule has 1 aromatic carbocycles. The number of nitrogens with zero attached hydrogens (tertiary/aromatic N) is 1. The topological polar surface area (TPSA) is 41.6 Å². The van der Waals surface area contributed by atoms with Gasteiger partial charge in [-0.15, -0.1) is 0 Å². The number of hydrogen-bond donors (Lipinski definition) is 1. The molecule has 2 atom stereocenters. The number of benzene rings is 1. The van der Waals surface area contributed by atoms with E-state index in [4.69, 9.17) is 4.74 Å². The first-order valence-corrected chi connectivity index (χ1v) is 7.76. The molecular formula is C16H18F2N2O2. The van der Waals surface area contributed by atoms with Crippen LogP contribution in [-0.4, -0.2) is 35.7 Å². The Morgan fingerprint density at radius 1 is 1.14 bits per heavy atom. The zero-order valence-electron chi connectivity index (χ0n) is 12.1. The molecule has 0 saturated carbocycles. The Kier molecular flexibility index (Phi) is 3.20. The number of fused-ring (bicyclic) bond motifs is 1. The second kappa shape index (κ2) is 4.99. The normalized spacial score (nSPS) is 30.1. The summed E-state index contributed by atoms with van der Waals surface area (Å²) < 4.78 is 33.1. The maximum absolute atomic E-state index is 13.5. The molecule has 1 N–H and O–H groups in total. The summed E-state index contributed by atoms with van der Waals surface area (Å²) in [5.41, 5.74) is -0.219. The number of carbonyl (C=O) groups excluding carboxylic acids is 1. The summed E-state index contributed by atoms with van der Waals surface area (Å²) in [4.78, 5) is 14.6. The van der Waals surface area contributed by atoms with E-state index in [2.05, 4.69) is 5.32 Å². The van der Waals surface area contributed by atoms with Crippen LogP contribution in [0.2, 0.25) is 0 Å². The van der Waals surface area contributed by atoms with Crippen molar-refractivity contribution in [2.45, 2.75) is 43.6 Å². The Morgan fingerprint density at radius 3 is 2.50 bits per heavy atom. The van der Waals surface area contributed by atoms with E-state index in [-0.39, 0.29) is 18.2 Å². The Labute approximate surface area is 127 Å². The Hall–Kier alpha value is -1.53. The lowest BCUT2D eigenvalue weighted by molar-refractivity contribution is -0.140. The van der Waals surface area contributed by atoms with Crippen molar-refractivity contribution in [3.8, 4) is 0 Å². The molecule has 0 aliphatic carbocycles. The number of rotatable bonds is 1. The minimum atomic E-state index is -0.736. The fourth-order valence-corrected chi connectivity index (χ4v) is 3.97. The van der Waals surface area contributed by atoms with E-state index >= 15 is 0 Å². The molecule has 0 aromatic heterocycles. The predicted octanol–water partition coefficient (Wildman–Crippen LogP) is 2.11. The summed E-state index contributed by atoms with van der Waals surface area (Å²) in [5, 5.41) is 3.23. The lowest BCUT2D eigenvalue weighted by atomic mass is 9.90. The first-order chi connectivity index (χ1) is 10.6. The van der Waals surface area contributed by atoms with Gasteiger partial charge in [0.05, 0.1) is 6.04 Å². The predicted molar refractivity (Wildman–Crippen MR) is 74.9 cm³/mol. The van der Waals surface area contributed by atoms with Crippen LogP contribution in [0, 0.1) is 11.6 Å². The van der Waals surface area contributed by atoms with Crippen molar-refractivity contribution < 1.29 is 18.3 Å². The summed E-state index contributed by atoms with van der Waals surface area (Å²) in [6, 6.07) is 3.19. The Balaban J connectivity index is 1.65. The van der Waals surface area contributed by atoms with Crippen LogP contribution in [0.3, 0.4) is 0 Å². The molecule has 4 nitrogen and oxygen atoms in total. The van der Waals surface area contributed by atoms with Gasteiger partial charge in [-0.05, 0) is 56.5 Å². The van der Waals surface area contributed by atoms with Gasteiger partial charge < -0.3 is 15.0 Å². The van der Waals surface area contributed by atoms with E-state index in [1.165, 1.54) is 12.1 Å². The molecule has 1 amide bonds. The number of carbonyl (C=O) groups is 1. The highest BCUT2D eigenvalue weighted by molar-refractivity contribution is 5.88. The third kappa shape index (κ3) is 2.05. The second-order valence-corrected chi connectivity index (χ2v) is 6.33. The number of nitrogens with one attached hydrogen (secondary N) is 1. The van der Waals surface area contributed by atoms with Crippen molar-refractivity contribution in [1.82, 2.24) is 10.2 Å². The van der Waals surface area contributed by atoms with E-state index < -0.39 is 17.2 Å². The van der Waals surface area contributed by atoms with Crippen molar-refractivity contribution in [2.75, 3.05) is 13.1 Å². The molecule has 22 heavy (non-hydrogen) atoms. The SMILES string of the molecule is O=C1N2C(CCC2c2cc(F)cc(F)c2)OC12CCNCC2. The minimum Gasteiger partial charge on any atom is -0.342 e. The van der Waals surface area contributed by atoms with E-state index in [1.807, 2.05) is 0 Å². The summed E-state index contributed by atoms with van der Waals surface area (Å²) in [6.07, 6.45) is 2.44. The fourth-order valence-electron chi connectivity index (χ4n) is 3.97. The van der Waals surface area contributed by atoms with Gasteiger partial charge in [-0.3, -0.25) is 4.79 Å². The molecule has 0 bridgehead atoms. The van der Waals surface area contributed by atoms with E-state index in [9.17, 15) is 13.6 Å². The van der Waals surface area contributed by atoms with Gasteiger partial charge in [0.2, 0.25) is 0 Å².